The van der Waals surface area contributed by atoms with Crippen LogP contribution in [0.3, 0.4) is 0 Å². The van der Waals surface area contributed by atoms with Gasteiger partial charge in [-0.3, -0.25) is 9.69 Å². The third-order valence-corrected chi connectivity index (χ3v) is 5.61. The van der Waals surface area contributed by atoms with Gasteiger partial charge in [0, 0.05) is 32.6 Å². The maximum Gasteiger partial charge on any atom is 0.220 e. The molecule has 2 heterocycles. The zero-order valence-corrected chi connectivity index (χ0v) is 14.9. The van der Waals surface area contributed by atoms with Crippen molar-refractivity contribution in [2.45, 2.75) is 39.2 Å². The van der Waals surface area contributed by atoms with Gasteiger partial charge in [-0.05, 0) is 55.3 Å². The molecule has 0 saturated carbocycles. The molecule has 0 radical (unpaired) electrons. The Labute approximate surface area is 146 Å². The minimum absolute atomic E-state index is 0.213. The molecule has 2 atom stereocenters. The first-order valence-corrected chi connectivity index (χ1v) is 9.49. The van der Waals surface area contributed by atoms with Crippen LogP contribution in [0.4, 0.5) is 0 Å². The molecule has 132 valence electrons. The molecule has 24 heavy (non-hydrogen) atoms. The fraction of sp³-hybridized carbons (Fsp3) is 0.650. The summed E-state index contributed by atoms with van der Waals surface area (Å²) in [6.07, 6.45) is 4.28. The molecule has 0 aliphatic carbocycles. The summed E-state index contributed by atoms with van der Waals surface area (Å²) in [6, 6.07) is 8.69. The van der Waals surface area contributed by atoms with E-state index in [0.29, 0.717) is 18.3 Å². The molecule has 2 unspecified atom stereocenters. The average molecular weight is 329 g/mol. The summed E-state index contributed by atoms with van der Waals surface area (Å²) in [5.74, 6) is 1.34. The molecule has 1 saturated heterocycles. The van der Waals surface area contributed by atoms with Crippen molar-refractivity contribution in [3.8, 4) is 0 Å². The number of rotatable bonds is 6. The zero-order chi connectivity index (χ0) is 16.8. The minimum Gasteiger partial charge on any atom is -0.355 e. The summed E-state index contributed by atoms with van der Waals surface area (Å²) in [6.45, 7) is 8.23. The van der Waals surface area contributed by atoms with Crippen LogP contribution < -0.4 is 10.6 Å². The first-order valence-electron chi connectivity index (χ1n) is 9.49. The second-order valence-corrected chi connectivity index (χ2v) is 7.43. The van der Waals surface area contributed by atoms with Gasteiger partial charge in [-0.15, -0.1) is 0 Å². The van der Waals surface area contributed by atoms with E-state index >= 15 is 0 Å². The van der Waals surface area contributed by atoms with Crippen LogP contribution in [-0.4, -0.2) is 43.5 Å². The number of amides is 1. The monoisotopic (exact) mass is 329 g/mol. The average Bonchev–Trinajstić information content (AvgIpc) is 2.62. The topological polar surface area (TPSA) is 44.4 Å². The van der Waals surface area contributed by atoms with E-state index in [-0.39, 0.29) is 5.91 Å². The van der Waals surface area contributed by atoms with Gasteiger partial charge in [-0.25, -0.2) is 0 Å². The summed E-state index contributed by atoms with van der Waals surface area (Å²) >= 11 is 0. The van der Waals surface area contributed by atoms with E-state index in [2.05, 4.69) is 46.7 Å². The third kappa shape index (κ3) is 4.81. The van der Waals surface area contributed by atoms with E-state index in [1.165, 1.54) is 24.0 Å². The van der Waals surface area contributed by atoms with Crippen molar-refractivity contribution in [1.29, 1.82) is 0 Å². The second kappa shape index (κ2) is 8.63. The van der Waals surface area contributed by atoms with Gasteiger partial charge in [0.2, 0.25) is 5.91 Å². The lowest BCUT2D eigenvalue weighted by molar-refractivity contribution is -0.122. The van der Waals surface area contributed by atoms with E-state index < -0.39 is 0 Å². The molecule has 2 aliphatic rings. The van der Waals surface area contributed by atoms with Crippen molar-refractivity contribution < 1.29 is 4.79 Å². The Hall–Kier alpha value is -1.39. The molecule has 4 nitrogen and oxygen atoms in total. The minimum atomic E-state index is 0.213. The maximum atomic E-state index is 12.2. The lowest BCUT2D eigenvalue weighted by Gasteiger charge is -2.29. The zero-order valence-electron chi connectivity index (χ0n) is 14.9. The van der Waals surface area contributed by atoms with Crippen LogP contribution in [0.5, 0.6) is 0 Å². The number of carbonyl (C=O) groups is 1. The highest BCUT2D eigenvalue weighted by Gasteiger charge is 2.22. The number of benzene rings is 1. The summed E-state index contributed by atoms with van der Waals surface area (Å²) in [4.78, 5) is 14.6. The molecular formula is C20H31N3O. The van der Waals surface area contributed by atoms with Gasteiger partial charge in [0.05, 0.1) is 0 Å². The fourth-order valence-corrected chi connectivity index (χ4v) is 3.99. The Morgan fingerprint density at radius 3 is 3.00 bits per heavy atom. The van der Waals surface area contributed by atoms with Crippen molar-refractivity contribution in [3.63, 3.8) is 0 Å². The molecule has 1 amide bonds. The van der Waals surface area contributed by atoms with Crippen LogP contribution in [0, 0.1) is 11.8 Å². The van der Waals surface area contributed by atoms with Crippen LogP contribution in [0.2, 0.25) is 0 Å². The number of hydrogen-bond donors (Lipinski definition) is 2. The molecule has 1 fully saturated rings. The molecule has 1 aromatic rings. The summed E-state index contributed by atoms with van der Waals surface area (Å²) in [5.41, 5.74) is 2.92. The van der Waals surface area contributed by atoms with Crippen LogP contribution in [0.1, 0.15) is 37.3 Å². The Balaban J connectivity index is 1.35. The normalized spacial score (nSPS) is 22.6. The number of nitrogens with zero attached hydrogens (tertiary/aromatic N) is 1. The Morgan fingerprint density at radius 1 is 1.38 bits per heavy atom. The Kier molecular flexibility index (Phi) is 6.27. The van der Waals surface area contributed by atoms with Gasteiger partial charge in [-0.2, -0.15) is 0 Å². The molecule has 0 spiro atoms. The van der Waals surface area contributed by atoms with E-state index in [9.17, 15) is 4.79 Å². The molecule has 2 aliphatic heterocycles. The Morgan fingerprint density at radius 2 is 2.21 bits per heavy atom. The van der Waals surface area contributed by atoms with Gasteiger partial charge in [0.15, 0.2) is 0 Å². The maximum absolute atomic E-state index is 12.2. The smallest absolute Gasteiger partial charge is 0.220 e. The summed E-state index contributed by atoms with van der Waals surface area (Å²) < 4.78 is 0. The number of carbonyl (C=O) groups excluding carboxylic acids is 1. The van der Waals surface area contributed by atoms with Gasteiger partial charge in [0.25, 0.3) is 0 Å². The number of piperidine rings is 1. The first-order chi connectivity index (χ1) is 11.7. The first kappa shape index (κ1) is 17.4. The highest BCUT2D eigenvalue weighted by Crippen LogP contribution is 2.22. The van der Waals surface area contributed by atoms with Crippen molar-refractivity contribution in [1.82, 2.24) is 15.5 Å². The summed E-state index contributed by atoms with van der Waals surface area (Å²) in [7, 11) is 0. The van der Waals surface area contributed by atoms with Gasteiger partial charge < -0.3 is 10.6 Å². The lowest BCUT2D eigenvalue weighted by atomic mass is 9.85. The van der Waals surface area contributed by atoms with Crippen molar-refractivity contribution in [2.24, 2.45) is 11.8 Å². The Bertz CT molecular complexity index is 539. The van der Waals surface area contributed by atoms with Gasteiger partial charge in [0.1, 0.15) is 0 Å². The standard InChI is InChI=1S/C20H31N3O/c1-16(18-7-4-9-21-14-18)13-20(24)22-10-12-23-11-8-17-5-2-3-6-19(17)15-23/h2-3,5-6,16,18,21H,4,7-15H2,1H3,(H,22,24). The highest BCUT2D eigenvalue weighted by molar-refractivity contribution is 5.76. The molecule has 4 heteroatoms. The van der Waals surface area contributed by atoms with E-state index in [1.807, 2.05) is 0 Å². The largest absolute Gasteiger partial charge is 0.355 e. The molecule has 3 rings (SSSR count). The highest BCUT2D eigenvalue weighted by atomic mass is 16.1. The third-order valence-electron chi connectivity index (χ3n) is 5.61. The van der Waals surface area contributed by atoms with Crippen molar-refractivity contribution in [2.75, 3.05) is 32.7 Å². The predicted molar refractivity (Wildman–Crippen MR) is 97.8 cm³/mol. The van der Waals surface area contributed by atoms with E-state index in [0.717, 1.165) is 45.7 Å². The molecule has 2 N–H and O–H groups in total. The van der Waals surface area contributed by atoms with Crippen LogP contribution in [0.15, 0.2) is 24.3 Å². The van der Waals surface area contributed by atoms with Crippen molar-refractivity contribution in [3.05, 3.63) is 35.4 Å². The molecule has 0 aromatic heterocycles. The van der Waals surface area contributed by atoms with Crippen LogP contribution in [0.25, 0.3) is 0 Å². The summed E-state index contributed by atoms with van der Waals surface area (Å²) in [5, 5.41) is 6.57. The van der Waals surface area contributed by atoms with Crippen molar-refractivity contribution >= 4 is 5.91 Å². The van der Waals surface area contributed by atoms with Crippen LogP contribution in [-0.2, 0) is 17.8 Å². The quantitative estimate of drug-likeness (QED) is 0.841. The van der Waals surface area contributed by atoms with Crippen LogP contribution >= 0.6 is 0 Å². The number of hydrogen-bond acceptors (Lipinski definition) is 3. The van der Waals surface area contributed by atoms with Gasteiger partial charge >= 0.3 is 0 Å². The fourth-order valence-electron chi connectivity index (χ4n) is 3.99. The SMILES string of the molecule is CC(CC(=O)NCCN1CCc2ccccc2C1)C1CCCNC1. The molecule has 1 aromatic carbocycles. The molecule has 0 bridgehead atoms. The predicted octanol–water partition coefficient (Wildman–Crippen LogP) is 2.19. The van der Waals surface area contributed by atoms with E-state index in [1.54, 1.807) is 0 Å². The number of nitrogens with one attached hydrogen (secondary N) is 2. The van der Waals surface area contributed by atoms with E-state index in [4.69, 9.17) is 0 Å². The second-order valence-electron chi connectivity index (χ2n) is 7.43. The van der Waals surface area contributed by atoms with Gasteiger partial charge in [-0.1, -0.05) is 31.2 Å². The molecular weight excluding hydrogens is 298 g/mol. The lowest BCUT2D eigenvalue weighted by Crippen LogP contribution is -2.39. The number of fused-ring (bicyclic) bond motifs is 1.